The maximum atomic E-state index is 13.0. The molecule has 0 atom stereocenters. The Bertz CT molecular complexity index is 814. The molecule has 108 valence electrons. The fourth-order valence-corrected chi connectivity index (χ4v) is 2.09. The van der Waals surface area contributed by atoms with Crippen LogP contribution in [-0.4, -0.2) is 16.3 Å². The van der Waals surface area contributed by atoms with E-state index in [2.05, 4.69) is 9.97 Å². The van der Waals surface area contributed by atoms with Crippen LogP contribution in [0.2, 0.25) is 0 Å². The molecule has 3 aromatic rings. The molecular weight excluding hydrogens is 281 g/mol. The van der Waals surface area contributed by atoms with Gasteiger partial charge in [0.15, 0.2) is 0 Å². The molecule has 0 saturated carbocycles. The number of anilines is 1. The number of rotatable bonds is 3. The summed E-state index contributed by atoms with van der Waals surface area (Å²) in [5.41, 5.74) is 9.11. The monoisotopic (exact) mass is 293 g/mol. The first-order valence-corrected chi connectivity index (χ1v) is 6.61. The van der Waals surface area contributed by atoms with Gasteiger partial charge in [-0.15, -0.1) is 0 Å². The molecular formula is C17H12FN3O. The second kappa shape index (κ2) is 5.73. The predicted octanol–water partition coefficient (Wildman–Crippen LogP) is 3.34. The molecule has 0 fully saturated rings. The van der Waals surface area contributed by atoms with Crippen molar-refractivity contribution in [2.75, 3.05) is 5.73 Å². The van der Waals surface area contributed by atoms with Gasteiger partial charge in [0.05, 0.1) is 11.9 Å². The summed E-state index contributed by atoms with van der Waals surface area (Å²) in [6.07, 6.45) is 2.32. The first-order valence-electron chi connectivity index (χ1n) is 6.61. The Morgan fingerprint density at radius 3 is 2.23 bits per heavy atom. The lowest BCUT2D eigenvalue weighted by Crippen LogP contribution is -1.99. The van der Waals surface area contributed by atoms with E-state index in [9.17, 15) is 9.18 Å². The number of hydrogen-bond donors (Lipinski definition) is 1. The number of carbonyl (C=O) groups is 1. The minimum absolute atomic E-state index is 0.296. The van der Waals surface area contributed by atoms with Crippen molar-refractivity contribution in [2.24, 2.45) is 0 Å². The van der Waals surface area contributed by atoms with Gasteiger partial charge in [0.1, 0.15) is 23.6 Å². The molecule has 0 saturated heterocycles. The average molecular weight is 293 g/mol. The van der Waals surface area contributed by atoms with Gasteiger partial charge in [-0.1, -0.05) is 24.3 Å². The Balaban J connectivity index is 2.05. The molecule has 0 unspecified atom stereocenters. The zero-order valence-corrected chi connectivity index (χ0v) is 11.5. The Kier molecular flexibility index (Phi) is 3.62. The van der Waals surface area contributed by atoms with Crippen molar-refractivity contribution < 1.29 is 9.18 Å². The molecule has 0 radical (unpaired) electrons. The van der Waals surface area contributed by atoms with Gasteiger partial charge >= 0.3 is 0 Å². The molecule has 0 aliphatic heterocycles. The van der Waals surface area contributed by atoms with Crippen molar-refractivity contribution in [3.8, 4) is 22.5 Å². The van der Waals surface area contributed by atoms with Crippen molar-refractivity contribution in [1.29, 1.82) is 0 Å². The molecule has 0 aliphatic rings. The third-order valence-electron chi connectivity index (χ3n) is 3.26. The lowest BCUT2D eigenvalue weighted by Gasteiger charge is -2.07. The van der Waals surface area contributed by atoms with E-state index in [4.69, 9.17) is 5.73 Å². The molecule has 5 heteroatoms. The van der Waals surface area contributed by atoms with Gasteiger partial charge in [0.2, 0.25) is 0 Å². The van der Waals surface area contributed by atoms with Crippen LogP contribution in [0.25, 0.3) is 22.5 Å². The largest absolute Gasteiger partial charge is 0.382 e. The van der Waals surface area contributed by atoms with Crippen molar-refractivity contribution in [2.45, 2.75) is 0 Å². The SMILES string of the molecule is Nc1ncc(-c2ccc(F)cc2)nc1-c1ccc(C=O)cc1. The maximum absolute atomic E-state index is 13.0. The number of aldehydes is 1. The van der Waals surface area contributed by atoms with Gasteiger partial charge in [-0.05, 0) is 24.3 Å². The smallest absolute Gasteiger partial charge is 0.150 e. The number of nitrogens with two attached hydrogens (primary N) is 1. The summed E-state index contributed by atoms with van der Waals surface area (Å²) in [4.78, 5) is 19.4. The predicted molar refractivity (Wildman–Crippen MR) is 82.7 cm³/mol. The van der Waals surface area contributed by atoms with Crippen LogP contribution < -0.4 is 5.73 Å². The summed E-state index contributed by atoms with van der Waals surface area (Å²) in [6.45, 7) is 0. The van der Waals surface area contributed by atoms with Crippen LogP contribution in [0.5, 0.6) is 0 Å². The van der Waals surface area contributed by atoms with Crippen LogP contribution in [0.3, 0.4) is 0 Å². The average Bonchev–Trinajstić information content (AvgIpc) is 2.56. The van der Waals surface area contributed by atoms with E-state index >= 15 is 0 Å². The van der Waals surface area contributed by atoms with E-state index in [1.54, 1.807) is 42.6 Å². The molecule has 3 rings (SSSR count). The van der Waals surface area contributed by atoms with E-state index in [-0.39, 0.29) is 5.82 Å². The van der Waals surface area contributed by atoms with E-state index in [0.29, 0.717) is 22.8 Å². The van der Waals surface area contributed by atoms with Crippen LogP contribution in [-0.2, 0) is 0 Å². The molecule has 0 amide bonds. The Labute approximate surface area is 126 Å². The fraction of sp³-hybridized carbons (Fsp3) is 0. The number of carbonyl (C=O) groups excluding carboxylic acids is 1. The van der Waals surface area contributed by atoms with Crippen molar-refractivity contribution in [3.63, 3.8) is 0 Å². The standard InChI is InChI=1S/C17H12FN3O/c18-14-7-5-12(6-8-14)15-9-20-17(19)16(21-15)13-3-1-11(10-22)2-4-13/h1-10H,(H2,19,20). The Morgan fingerprint density at radius 1 is 0.955 bits per heavy atom. The lowest BCUT2D eigenvalue weighted by atomic mass is 10.1. The van der Waals surface area contributed by atoms with Gasteiger partial charge in [0.25, 0.3) is 0 Å². The maximum Gasteiger partial charge on any atom is 0.150 e. The van der Waals surface area contributed by atoms with Crippen LogP contribution in [0.4, 0.5) is 10.2 Å². The molecule has 0 spiro atoms. The molecule has 1 heterocycles. The first kappa shape index (κ1) is 13.9. The molecule has 2 N–H and O–H groups in total. The summed E-state index contributed by atoms with van der Waals surface area (Å²) < 4.78 is 13.0. The summed E-state index contributed by atoms with van der Waals surface area (Å²) in [6, 6.07) is 12.9. The van der Waals surface area contributed by atoms with Crippen LogP contribution in [0.1, 0.15) is 10.4 Å². The summed E-state index contributed by atoms with van der Waals surface area (Å²) in [5, 5.41) is 0. The van der Waals surface area contributed by atoms with E-state index in [0.717, 1.165) is 17.4 Å². The second-order valence-corrected chi connectivity index (χ2v) is 4.74. The van der Waals surface area contributed by atoms with Gasteiger partial charge < -0.3 is 5.73 Å². The number of hydrogen-bond acceptors (Lipinski definition) is 4. The van der Waals surface area contributed by atoms with Gasteiger partial charge in [-0.3, -0.25) is 4.79 Å². The van der Waals surface area contributed by atoms with Gasteiger partial charge in [0, 0.05) is 16.7 Å². The highest BCUT2D eigenvalue weighted by Crippen LogP contribution is 2.26. The van der Waals surface area contributed by atoms with Crippen LogP contribution >= 0.6 is 0 Å². The van der Waals surface area contributed by atoms with Crippen molar-refractivity contribution in [1.82, 2.24) is 9.97 Å². The zero-order chi connectivity index (χ0) is 15.5. The highest BCUT2D eigenvalue weighted by molar-refractivity contribution is 5.78. The first-order chi connectivity index (χ1) is 10.7. The van der Waals surface area contributed by atoms with Crippen LogP contribution in [0.15, 0.2) is 54.7 Å². The van der Waals surface area contributed by atoms with Crippen LogP contribution in [0, 0.1) is 5.82 Å². The fourth-order valence-electron chi connectivity index (χ4n) is 2.09. The summed E-state index contributed by atoms with van der Waals surface area (Å²) in [7, 11) is 0. The highest BCUT2D eigenvalue weighted by atomic mass is 19.1. The number of halogens is 1. The van der Waals surface area contributed by atoms with E-state index in [1.165, 1.54) is 12.1 Å². The molecule has 2 aromatic carbocycles. The van der Waals surface area contributed by atoms with E-state index < -0.39 is 0 Å². The third-order valence-corrected chi connectivity index (χ3v) is 3.26. The number of aromatic nitrogens is 2. The third kappa shape index (κ3) is 2.69. The zero-order valence-electron chi connectivity index (χ0n) is 11.5. The molecule has 0 bridgehead atoms. The van der Waals surface area contributed by atoms with Gasteiger partial charge in [-0.25, -0.2) is 14.4 Å². The number of nitrogens with zero attached hydrogens (tertiary/aromatic N) is 2. The molecule has 4 nitrogen and oxygen atoms in total. The Morgan fingerprint density at radius 2 is 1.59 bits per heavy atom. The highest BCUT2D eigenvalue weighted by Gasteiger charge is 2.09. The number of nitrogen functional groups attached to an aromatic ring is 1. The van der Waals surface area contributed by atoms with Gasteiger partial charge in [-0.2, -0.15) is 0 Å². The lowest BCUT2D eigenvalue weighted by molar-refractivity contribution is 0.112. The molecule has 0 aliphatic carbocycles. The quantitative estimate of drug-likeness (QED) is 0.752. The topological polar surface area (TPSA) is 68.9 Å². The minimum Gasteiger partial charge on any atom is -0.382 e. The molecule has 22 heavy (non-hydrogen) atoms. The van der Waals surface area contributed by atoms with Crippen molar-refractivity contribution >= 4 is 12.1 Å². The van der Waals surface area contributed by atoms with Crippen molar-refractivity contribution in [3.05, 3.63) is 66.1 Å². The number of benzene rings is 2. The minimum atomic E-state index is -0.308. The summed E-state index contributed by atoms with van der Waals surface area (Å²) >= 11 is 0. The van der Waals surface area contributed by atoms with E-state index in [1.807, 2.05) is 0 Å². The summed E-state index contributed by atoms with van der Waals surface area (Å²) in [5.74, 6) is -0.0125. The molecule has 1 aromatic heterocycles. The normalized spacial score (nSPS) is 10.4. The Hall–Kier alpha value is -3.08. The second-order valence-electron chi connectivity index (χ2n) is 4.74.